The van der Waals surface area contributed by atoms with Crippen LogP contribution < -0.4 is 9.47 Å². The molecule has 2 aromatic carbocycles. The average Bonchev–Trinajstić information content (AvgIpc) is 3.53. The van der Waals surface area contributed by atoms with Crippen LogP contribution in [0, 0.1) is 5.92 Å². The molecule has 5 rings (SSSR count). The summed E-state index contributed by atoms with van der Waals surface area (Å²) in [5.74, 6) is 0.318. The molecule has 168 valence electrons. The van der Waals surface area contributed by atoms with Crippen molar-refractivity contribution in [3.63, 3.8) is 0 Å². The Morgan fingerprint density at radius 3 is 2.55 bits per heavy atom. The highest BCUT2D eigenvalue weighted by molar-refractivity contribution is 5.88. The number of halogens is 2. The molecular formula is C23H18F2N4O4. The molecule has 1 fully saturated rings. The first-order valence-electron chi connectivity index (χ1n) is 10.3. The fraction of sp³-hybridized carbons (Fsp3) is 0.217. The third-order valence-corrected chi connectivity index (χ3v) is 5.26. The minimum atomic E-state index is -2.96. The normalized spacial score (nSPS) is 13.4. The largest absolute Gasteiger partial charge is 0.489 e. The van der Waals surface area contributed by atoms with Crippen molar-refractivity contribution in [1.29, 1.82) is 0 Å². The molecule has 8 nitrogen and oxygen atoms in total. The number of ether oxygens (including phenoxy) is 2. The first-order valence-corrected chi connectivity index (χ1v) is 10.3. The monoisotopic (exact) mass is 452 g/mol. The summed E-state index contributed by atoms with van der Waals surface area (Å²) in [6.45, 7) is -2.52. The number of alkyl halides is 2. The highest BCUT2D eigenvalue weighted by Gasteiger charge is 2.23. The van der Waals surface area contributed by atoms with Crippen molar-refractivity contribution in [3.8, 4) is 34.1 Å². The molecule has 0 radical (unpaired) electrons. The standard InChI is InChI=1S/C23H18F2N4O4/c24-22(25)33-18-8-7-16(11-19(18)32-12-13-1-2-13)17-9-10-26-23-27-20(28-29(17)23)14-3-5-15(6-4-14)21(30)31/h3-11,13,22H,1-2,12H2,(H,30,31). The maximum absolute atomic E-state index is 12.8. The van der Waals surface area contributed by atoms with Gasteiger partial charge in [0.1, 0.15) is 0 Å². The van der Waals surface area contributed by atoms with Gasteiger partial charge < -0.3 is 14.6 Å². The molecule has 0 unspecified atom stereocenters. The van der Waals surface area contributed by atoms with Gasteiger partial charge in [-0.25, -0.2) is 9.78 Å². The molecule has 0 bridgehead atoms. The van der Waals surface area contributed by atoms with E-state index in [1.165, 1.54) is 22.7 Å². The second-order valence-electron chi connectivity index (χ2n) is 7.65. The van der Waals surface area contributed by atoms with Crippen LogP contribution in [0.3, 0.4) is 0 Å². The molecule has 0 atom stereocenters. The zero-order chi connectivity index (χ0) is 22.9. The third kappa shape index (κ3) is 4.45. The number of fused-ring (bicyclic) bond motifs is 1. The number of rotatable bonds is 8. The van der Waals surface area contributed by atoms with Crippen LogP contribution in [-0.4, -0.2) is 43.9 Å². The van der Waals surface area contributed by atoms with Crippen molar-refractivity contribution in [1.82, 2.24) is 19.6 Å². The molecule has 2 aromatic heterocycles. The van der Waals surface area contributed by atoms with E-state index in [0.29, 0.717) is 40.9 Å². The summed E-state index contributed by atoms with van der Waals surface area (Å²) in [6, 6.07) is 12.6. The quantitative estimate of drug-likeness (QED) is 0.419. The molecule has 4 aromatic rings. The Kier molecular flexibility index (Phi) is 5.33. The zero-order valence-corrected chi connectivity index (χ0v) is 17.2. The number of carbonyl (C=O) groups is 1. The molecule has 1 aliphatic rings. The van der Waals surface area contributed by atoms with Gasteiger partial charge in [-0.3, -0.25) is 0 Å². The van der Waals surface area contributed by atoms with Crippen LogP contribution in [0.25, 0.3) is 28.4 Å². The molecule has 0 saturated heterocycles. The summed E-state index contributed by atoms with van der Waals surface area (Å²) in [7, 11) is 0. The molecule has 2 heterocycles. The minimum absolute atomic E-state index is 0.0301. The molecule has 1 N–H and O–H groups in total. The van der Waals surface area contributed by atoms with Gasteiger partial charge in [-0.15, -0.1) is 5.10 Å². The van der Waals surface area contributed by atoms with Gasteiger partial charge in [-0.2, -0.15) is 18.3 Å². The predicted molar refractivity (Wildman–Crippen MR) is 113 cm³/mol. The van der Waals surface area contributed by atoms with Gasteiger partial charge in [-0.05, 0) is 55.2 Å². The summed E-state index contributed by atoms with van der Waals surface area (Å²) < 4.78 is 37.6. The number of hydrogen-bond donors (Lipinski definition) is 1. The fourth-order valence-corrected chi connectivity index (χ4v) is 3.36. The lowest BCUT2D eigenvalue weighted by Gasteiger charge is -2.14. The zero-order valence-electron chi connectivity index (χ0n) is 17.2. The number of benzene rings is 2. The van der Waals surface area contributed by atoms with E-state index >= 15 is 0 Å². The molecule has 0 spiro atoms. The highest BCUT2D eigenvalue weighted by Crippen LogP contribution is 2.36. The smallest absolute Gasteiger partial charge is 0.387 e. The number of aromatic nitrogens is 4. The van der Waals surface area contributed by atoms with Crippen LogP contribution in [0.4, 0.5) is 8.78 Å². The Balaban J connectivity index is 1.52. The predicted octanol–water partition coefficient (Wildman–Crippen LogP) is 4.55. The summed E-state index contributed by atoms with van der Waals surface area (Å²) in [5, 5.41) is 13.6. The number of carboxylic acid groups (broad SMARTS) is 1. The molecule has 0 aliphatic heterocycles. The molecule has 33 heavy (non-hydrogen) atoms. The Bertz CT molecular complexity index is 1320. The Hall–Kier alpha value is -4.08. The Labute approximate surface area is 186 Å². The maximum atomic E-state index is 12.8. The van der Waals surface area contributed by atoms with Crippen LogP contribution in [0.15, 0.2) is 54.7 Å². The second-order valence-corrected chi connectivity index (χ2v) is 7.65. The first-order chi connectivity index (χ1) is 16.0. The number of nitrogens with zero attached hydrogens (tertiary/aromatic N) is 4. The molecular weight excluding hydrogens is 434 g/mol. The summed E-state index contributed by atoms with van der Waals surface area (Å²) in [4.78, 5) is 19.8. The van der Waals surface area contributed by atoms with Crippen molar-refractivity contribution in [2.24, 2.45) is 5.92 Å². The topological polar surface area (TPSA) is 98.8 Å². The molecule has 1 saturated carbocycles. The Morgan fingerprint density at radius 1 is 1.09 bits per heavy atom. The van der Waals surface area contributed by atoms with E-state index in [9.17, 15) is 13.6 Å². The van der Waals surface area contributed by atoms with Crippen LogP contribution in [-0.2, 0) is 0 Å². The van der Waals surface area contributed by atoms with E-state index < -0.39 is 12.6 Å². The van der Waals surface area contributed by atoms with E-state index in [1.807, 2.05) is 0 Å². The van der Waals surface area contributed by atoms with Crippen molar-refractivity contribution in [2.45, 2.75) is 19.5 Å². The second kappa shape index (κ2) is 8.45. The first kappa shape index (κ1) is 20.8. The lowest BCUT2D eigenvalue weighted by Crippen LogP contribution is -2.06. The van der Waals surface area contributed by atoms with E-state index in [2.05, 4.69) is 19.8 Å². The van der Waals surface area contributed by atoms with Gasteiger partial charge >= 0.3 is 12.6 Å². The molecule has 0 amide bonds. The van der Waals surface area contributed by atoms with E-state index in [1.54, 1.807) is 36.5 Å². The van der Waals surface area contributed by atoms with E-state index in [0.717, 1.165) is 12.8 Å². The number of hydrogen-bond acceptors (Lipinski definition) is 6. The SMILES string of the molecule is O=C(O)c1ccc(-c2nc3nccc(-c4ccc(OC(F)F)c(OCC5CC5)c4)n3n2)cc1. The molecule has 1 aliphatic carbocycles. The van der Waals surface area contributed by atoms with Crippen molar-refractivity contribution in [2.75, 3.05) is 6.61 Å². The molecule has 10 heteroatoms. The average molecular weight is 452 g/mol. The number of aromatic carboxylic acids is 1. The maximum Gasteiger partial charge on any atom is 0.387 e. The highest BCUT2D eigenvalue weighted by atomic mass is 19.3. The van der Waals surface area contributed by atoms with Gasteiger partial charge in [0, 0.05) is 17.3 Å². The van der Waals surface area contributed by atoms with E-state index in [4.69, 9.17) is 9.84 Å². The van der Waals surface area contributed by atoms with Crippen LogP contribution in [0.5, 0.6) is 11.5 Å². The van der Waals surface area contributed by atoms with Crippen LogP contribution in [0.1, 0.15) is 23.2 Å². The van der Waals surface area contributed by atoms with Gasteiger partial charge in [0.05, 0.1) is 17.9 Å². The third-order valence-electron chi connectivity index (χ3n) is 5.26. The minimum Gasteiger partial charge on any atom is -0.489 e. The van der Waals surface area contributed by atoms with Gasteiger partial charge in [0.15, 0.2) is 17.3 Å². The van der Waals surface area contributed by atoms with Crippen LogP contribution in [0.2, 0.25) is 0 Å². The summed E-state index contributed by atoms with van der Waals surface area (Å²) in [6.07, 6.45) is 3.70. The van der Waals surface area contributed by atoms with Gasteiger partial charge in [0.2, 0.25) is 0 Å². The van der Waals surface area contributed by atoms with Gasteiger partial charge in [-0.1, -0.05) is 12.1 Å². The number of carboxylic acids is 1. The van der Waals surface area contributed by atoms with Crippen molar-refractivity contribution in [3.05, 3.63) is 60.3 Å². The fourth-order valence-electron chi connectivity index (χ4n) is 3.36. The lowest BCUT2D eigenvalue weighted by atomic mass is 10.1. The van der Waals surface area contributed by atoms with E-state index in [-0.39, 0.29) is 17.1 Å². The van der Waals surface area contributed by atoms with Crippen molar-refractivity contribution < 1.29 is 28.2 Å². The summed E-state index contributed by atoms with van der Waals surface area (Å²) >= 11 is 0. The van der Waals surface area contributed by atoms with Crippen molar-refractivity contribution >= 4 is 11.7 Å². The van der Waals surface area contributed by atoms with Crippen LogP contribution >= 0.6 is 0 Å². The van der Waals surface area contributed by atoms with Gasteiger partial charge in [0.25, 0.3) is 5.78 Å². The summed E-state index contributed by atoms with van der Waals surface area (Å²) in [5.41, 5.74) is 2.07. The lowest BCUT2D eigenvalue weighted by molar-refractivity contribution is -0.0515. The Morgan fingerprint density at radius 2 is 1.85 bits per heavy atom.